The summed E-state index contributed by atoms with van der Waals surface area (Å²) in [7, 11) is 0. The lowest BCUT2D eigenvalue weighted by Crippen LogP contribution is -2.10. The molecule has 0 aliphatic carbocycles. The second kappa shape index (κ2) is 7.41. The molecule has 1 aromatic carbocycles. The largest absolute Gasteiger partial charge is 0.377 e. The van der Waals surface area contributed by atoms with Crippen LogP contribution in [0.3, 0.4) is 0 Å². The van der Waals surface area contributed by atoms with E-state index in [1.165, 1.54) is 11.1 Å². The maximum atomic E-state index is 5.55. The summed E-state index contributed by atoms with van der Waals surface area (Å²) >= 11 is 0. The van der Waals surface area contributed by atoms with Gasteiger partial charge in [-0.25, -0.2) is 0 Å². The molecule has 0 saturated carbocycles. The van der Waals surface area contributed by atoms with Gasteiger partial charge in [0.2, 0.25) is 0 Å². The molecule has 1 aromatic heterocycles. The fourth-order valence-corrected chi connectivity index (χ4v) is 2.32. The van der Waals surface area contributed by atoms with Crippen LogP contribution in [0.2, 0.25) is 0 Å². The molecule has 0 radical (unpaired) electrons. The third-order valence-corrected chi connectivity index (χ3v) is 3.34. The number of aromatic nitrogens is 2. The zero-order chi connectivity index (χ0) is 15.2. The lowest BCUT2D eigenvalue weighted by Gasteiger charge is -2.07. The van der Waals surface area contributed by atoms with Crippen molar-refractivity contribution in [3.8, 4) is 11.1 Å². The lowest BCUT2D eigenvalue weighted by molar-refractivity contribution is 0.0710. The molecule has 0 spiro atoms. The molecule has 1 heterocycles. The number of hydrogen-bond donors (Lipinski definition) is 0. The number of benzene rings is 1. The fraction of sp³-hybridized carbons (Fsp3) is 0.500. The predicted octanol–water partition coefficient (Wildman–Crippen LogP) is 4.17. The third-order valence-electron chi connectivity index (χ3n) is 3.34. The first kappa shape index (κ1) is 15.8. The van der Waals surface area contributed by atoms with Gasteiger partial charge in [0, 0.05) is 11.8 Å². The van der Waals surface area contributed by atoms with Crippen LogP contribution in [-0.4, -0.2) is 22.5 Å². The maximum Gasteiger partial charge on any atom is 0.0666 e. The smallest absolute Gasteiger partial charge is 0.0666 e. The van der Waals surface area contributed by atoms with Crippen molar-refractivity contribution < 1.29 is 4.74 Å². The normalized spacial score (nSPS) is 11.5. The topological polar surface area (TPSA) is 27.1 Å². The molecule has 0 N–H and O–H groups in total. The highest BCUT2D eigenvalue weighted by molar-refractivity contribution is 5.61. The minimum absolute atomic E-state index is 0.272. The van der Waals surface area contributed by atoms with Crippen LogP contribution in [0.1, 0.15) is 33.3 Å². The Balaban J connectivity index is 1.97. The van der Waals surface area contributed by atoms with Crippen LogP contribution in [-0.2, 0) is 17.7 Å². The van der Waals surface area contributed by atoms with Crippen molar-refractivity contribution in [1.29, 1.82) is 0 Å². The quantitative estimate of drug-likeness (QED) is 0.763. The van der Waals surface area contributed by atoms with Gasteiger partial charge >= 0.3 is 0 Å². The zero-order valence-corrected chi connectivity index (χ0v) is 13.5. The van der Waals surface area contributed by atoms with Gasteiger partial charge in [-0.15, -0.1) is 0 Å². The number of ether oxygens (including phenoxy) is 1. The molecular weight excluding hydrogens is 260 g/mol. The van der Waals surface area contributed by atoms with Gasteiger partial charge in [0.25, 0.3) is 0 Å². The molecule has 0 bridgehead atoms. The Hall–Kier alpha value is -1.61. The molecule has 0 saturated heterocycles. The van der Waals surface area contributed by atoms with E-state index >= 15 is 0 Å². The van der Waals surface area contributed by atoms with Crippen LogP contribution in [0.15, 0.2) is 36.7 Å². The standard InChI is InChI=1S/C18H26N2O/c1-14(2)11-16-5-7-17(8-6-16)18-12-19-20(13-18)9-10-21-15(3)4/h5-8,12-15H,9-11H2,1-4H3. The zero-order valence-electron chi connectivity index (χ0n) is 13.5. The van der Waals surface area contributed by atoms with Crippen LogP contribution in [0, 0.1) is 5.92 Å². The van der Waals surface area contributed by atoms with Crippen molar-refractivity contribution in [2.24, 2.45) is 5.92 Å². The predicted molar refractivity (Wildman–Crippen MR) is 87.3 cm³/mol. The summed E-state index contributed by atoms with van der Waals surface area (Å²) in [6, 6.07) is 8.80. The lowest BCUT2D eigenvalue weighted by atomic mass is 10.0. The first-order chi connectivity index (χ1) is 10.0. The first-order valence-corrected chi connectivity index (χ1v) is 7.78. The van der Waals surface area contributed by atoms with E-state index in [2.05, 4.69) is 49.4 Å². The van der Waals surface area contributed by atoms with Crippen LogP contribution >= 0.6 is 0 Å². The second-order valence-electron chi connectivity index (χ2n) is 6.21. The molecule has 0 aliphatic rings. The molecule has 114 valence electrons. The molecule has 0 amide bonds. The highest BCUT2D eigenvalue weighted by Crippen LogP contribution is 2.20. The molecule has 0 atom stereocenters. The van der Waals surface area contributed by atoms with Crippen molar-refractivity contribution in [3.05, 3.63) is 42.2 Å². The summed E-state index contributed by atoms with van der Waals surface area (Å²) in [5.74, 6) is 0.694. The molecule has 0 unspecified atom stereocenters. The number of rotatable bonds is 7. The van der Waals surface area contributed by atoms with Crippen molar-refractivity contribution in [2.45, 2.75) is 46.8 Å². The van der Waals surface area contributed by atoms with Crippen molar-refractivity contribution in [3.63, 3.8) is 0 Å². The van der Waals surface area contributed by atoms with Gasteiger partial charge in [-0.2, -0.15) is 5.10 Å². The van der Waals surface area contributed by atoms with Gasteiger partial charge < -0.3 is 4.74 Å². The Bertz CT molecular complexity index is 541. The molecule has 0 aliphatic heterocycles. The van der Waals surface area contributed by atoms with Crippen LogP contribution in [0.5, 0.6) is 0 Å². The Morgan fingerprint density at radius 2 is 1.76 bits per heavy atom. The molecule has 3 heteroatoms. The molecule has 0 fully saturated rings. The van der Waals surface area contributed by atoms with Crippen LogP contribution < -0.4 is 0 Å². The van der Waals surface area contributed by atoms with Gasteiger partial charge in [0.05, 0.1) is 25.5 Å². The number of hydrogen-bond acceptors (Lipinski definition) is 2. The van der Waals surface area contributed by atoms with Gasteiger partial charge in [0.1, 0.15) is 0 Å². The minimum Gasteiger partial charge on any atom is -0.377 e. The van der Waals surface area contributed by atoms with E-state index < -0.39 is 0 Å². The van der Waals surface area contributed by atoms with Gasteiger partial charge in [0.15, 0.2) is 0 Å². The molecule has 21 heavy (non-hydrogen) atoms. The second-order valence-corrected chi connectivity index (χ2v) is 6.21. The Labute approximate surface area is 127 Å². The van der Waals surface area contributed by atoms with E-state index in [1.54, 1.807) is 0 Å². The molecule has 3 nitrogen and oxygen atoms in total. The SMILES string of the molecule is CC(C)Cc1ccc(-c2cnn(CCOC(C)C)c2)cc1. The highest BCUT2D eigenvalue weighted by Gasteiger charge is 2.03. The van der Waals surface area contributed by atoms with Gasteiger partial charge in [-0.3, -0.25) is 4.68 Å². The summed E-state index contributed by atoms with van der Waals surface area (Å²) in [5, 5.41) is 4.40. The number of nitrogens with zero attached hydrogens (tertiary/aromatic N) is 2. The minimum atomic E-state index is 0.272. The van der Waals surface area contributed by atoms with Crippen LogP contribution in [0.25, 0.3) is 11.1 Å². The van der Waals surface area contributed by atoms with Crippen molar-refractivity contribution in [1.82, 2.24) is 9.78 Å². The van der Waals surface area contributed by atoms with Gasteiger partial charge in [-0.05, 0) is 37.3 Å². The summed E-state index contributed by atoms with van der Waals surface area (Å²) < 4.78 is 7.50. The van der Waals surface area contributed by atoms with E-state index in [-0.39, 0.29) is 6.10 Å². The first-order valence-electron chi connectivity index (χ1n) is 7.78. The Morgan fingerprint density at radius 1 is 1.05 bits per heavy atom. The van der Waals surface area contributed by atoms with E-state index in [0.29, 0.717) is 12.5 Å². The summed E-state index contributed by atoms with van der Waals surface area (Å²) in [4.78, 5) is 0. The summed E-state index contributed by atoms with van der Waals surface area (Å²) in [5.41, 5.74) is 3.78. The maximum absolute atomic E-state index is 5.55. The molecule has 2 aromatic rings. The monoisotopic (exact) mass is 286 g/mol. The average Bonchev–Trinajstić information content (AvgIpc) is 2.87. The van der Waals surface area contributed by atoms with E-state index in [4.69, 9.17) is 4.74 Å². The third kappa shape index (κ3) is 5.01. The average molecular weight is 286 g/mol. The van der Waals surface area contributed by atoms with Crippen LogP contribution in [0.4, 0.5) is 0 Å². The summed E-state index contributed by atoms with van der Waals surface area (Å²) in [6.07, 6.45) is 5.41. The highest BCUT2D eigenvalue weighted by atomic mass is 16.5. The summed E-state index contributed by atoms with van der Waals surface area (Å²) in [6.45, 7) is 10.1. The fourth-order valence-electron chi connectivity index (χ4n) is 2.32. The Kier molecular flexibility index (Phi) is 5.57. The molecular formula is C18H26N2O. The van der Waals surface area contributed by atoms with E-state index in [0.717, 1.165) is 18.5 Å². The Morgan fingerprint density at radius 3 is 2.38 bits per heavy atom. The molecule has 2 rings (SSSR count). The van der Waals surface area contributed by atoms with Crippen molar-refractivity contribution >= 4 is 0 Å². The van der Waals surface area contributed by atoms with E-state index in [9.17, 15) is 0 Å². The van der Waals surface area contributed by atoms with Gasteiger partial charge in [-0.1, -0.05) is 38.1 Å². The van der Waals surface area contributed by atoms with Crippen molar-refractivity contribution in [2.75, 3.05) is 6.61 Å². The van der Waals surface area contributed by atoms with E-state index in [1.807, 2.05) is 24.7 Å².